The molecule has 2 rings (SSSR count). The number of hydrogen-bond acceptors (Lipinski definition) is 4. The second kappa shape index (κ2) is 6.80. The molecule has 0 spiro atoms. The Hall–Kier alpha value is -1.05. The molecule has 0 bridgehead atoms. The maximum Gasteiger partial charge on any atom is 0.160 e. The second-order valence-electron chi connectivity index (χ2n) is 6.19. The monoisotopic (exact) mass is 369 g/mol. The molecule has 114 valence electrons. The van der Waals surface area contributed by atoms with E-state index in [4.69, 9.17) is 4.74 Å². The fraction of sp³-hybridized carbons (Fsp3) is 0.500. The molecular formula is C14H20BrN3O2Si. The van der Waals surface area contributed by atoms with Crippen LogP contribution >= 0.6 is 15.9 Å². The molecule has 2 aromatic rings. The van der Waals surface area contributed by atoms with Crippen molar-refractivity contribution in [2.75, 3.05) is 6.61 Å². The number of nitrogens with zero attached hydrogens (tertiary/aromatic N) is 3. The van der Waals surface area contributed by atoms with Crippen molar-refractivity contribution in [1.29, 1.82) is 0 Å². The van der Waals surface area contributed by atoms with Gasteiger partial charge in [0.1, 0.15) is 13.0 Å². The lowest BCUT2D eigenvalue weighted by Gasteiger charge is -2.15. The first-order chi connectivity index (χ1) is 9.90. The van der Waals surface area contributed by atoms with E-state index in [1.54, 1.807) is 10.9 Å². The number of aldehydes is 1. The molecule has 0 atom stereocenters. The van der Waals surface area contributed by atoms with Crippen LogP contribution in [0.25, 0.3) is 11.0 Å². The fourth-order valence-corrected chi connectivity index (χ4v) is 3.03. The summed E-state index contributed by atoms with van der Waals surface area (Å²) in [7, 11) is -1.09. The number of aromatic nitrogens is 3. The van der Waals surface area contributed by atoms with E-state index >= 15 is 0 Å². The Morgan fingerprint density at radius 3 is 2.86 bits per heavy atom. The average Bonchev–Trinajstić information content (AvgIpc) is 2.72. The van der Waals surface area contributed by atoms with E-state index in [9.17, 15) is 4.79 Å². The summed E-state index contributed by atoms with van der Waals surface area (Å²) in [6.07, 6.45) is 2.88. The number of hydrogen-bond donors (Lipinski definition) is 0. The maximum absolute atomic E-state index is 10.8. The Kier molecular flexibility index (Phi) is 5.29. The SMILES string of the molecule is C[Si](C)(C)CCOCn1nc(CC=O)c2cc(Br)cnc21. The first-order valence-corrected chi connectivity index (χ1v) is 11.4. The number of carbonyl (C=O) groups excluding carboxylic acids is 1. The van der Waals surface area contributed by atoms with Crippen LogP contribution in [0.1, 0.15) is 5.69 Å². The molecule has 0 radical (unpaired) electrons. The molecule has 0 aliphatic carbocycles. The fourth-order valence-electron chi connectivity index (χ4n) is 1.95. The summed E-state index contributed by atoms with van der Waals surface area (Å²) < 4.78 is 8.32. The molecule has 0 saturated heterocycles. The van der Waals surface area contributed by atoms with E-state index in [0.717, 1.165) is 40.1 Å². The molecule has 21 heavy (non-hydrogen) atoms. The van der Waals surface area contributed by atoms with Gasteiger partial charge in [-0.1, -0.05) is 19.6 Å². The highest BCUT2D eigenvalue weighted by atomic mass is 79.9. The zero-order valence-electron chi connectivity index (χ0n) is 12.6. The van der Waals surface area contributed by atoms with Gasteiger partial charge in [0.05, 0.1) is 5.69 Å². The quantitative estimate of drug-likeness (QED) is 0.427. The summed E-state index contributed by atoms with van der Waals surface area (Å²) in [5.74, 6) is 0. The predicted molar refractivity (Wildman–Crippen MR) is 89.1 cm³/mol. The highest BCUT2D eigenvalue weighted by molar-refractivity contribution is 9.10. The maximum atomic E-state index is 10.8. The molecule has 0 aliphatic heterocycles. The van der Waals surface area contributed by atoms with Crippen molar-refractivity contribution in [2.24, 2.45) is 0 Å². The summed E-state index contributed by atoms with van der Waals surface area (Å²) in [6.45, 7) is 8.06. The highest BCUT2D eigenvalue weighted by Crippen LogP contribution is 2.21. The predicted octanol–water partition coefficient (Wildman–Crippen LogP) is 3.25. The molecule has 0 fully saturated rings. The lowest BCUT2D eigenvalue weighted by Crippen LogP contribution is -2.22. The van der Waals surface area contributed by atoms with Gasteiger partial charge in [-0.3, -0.25) is 0 Å². The number of halogens is 1. The smallest absolute Gasteiger partial charge is 0.160 e. The summed E-state index contributed by atoms with van der Waals surface area (Å²) in [5.41, 5.74) is 1.49. The van der Waals surface area contributed by atoms with Gasteiger partial charge in [-0.2, -0.15) is 5.10 Å². The lowest BCUT2D eigenvalue weighted by atomic mass is 10.2. The number of carbonyl (C=O) groups is 1. The van der Waals surface area contributed by atoms with Crippen LogP contribution < -0.4 is 0 Å². The first kappa shape index (κ1) is 16.3. The van der Waals surface area contributed by atoms with Crippen LogP contribution in [0.15, 0.2) is 16.7 Å². The summed E-state index contributed by atoms with van der Waals surface area (Å²) in [4.78, 5) is 15.2. The van der Waals surface area contributed by atoms with Crippen molar-refractivity contribution in [2.45, 2.75) is 38.8 Å². The Morgan fingerprint density at radius 2 is 2.19 bits per heavy atom. The average molecular weight is 370 g/mol. The number of rotatable bonds is 7. The molecule has 2 heterocycles. The van der Waals surface area contributed by atoms with Gasteiger partial charge in [0.2, 0.25) is 0 Å². The molecule has 0 aliphatic rings. The van der Waals surface area contributed by atoms with Gasteiger partial charge in [0.25, 0.3) is 0 Å². The molecule has 0 N–H and O–H groups in total. The van der Waals surface area contributed by atoms with Crippen LogP contribution in [0.4, 0.5) is 0 Å². The van der Waals surface area contributed by atoms with E-state index in [2.05, 4.69) is 45.7 Å². The first-order valence-electron chi connectivity index (χ1n) is 6.93. The Morgan fingerprint density at radius 1 is 1.43 bits per heavy atom. The van der Waals surface area contributed by atoms with Crippen LogP contribution in [0.2, 0.25) is 25.7 Å². The third-order valence-electron chi connectivity index (χ3n) is 3.12. The molecule has 2 aromatic heterocycles. The van der Waals surface area contributed by atoms with Crippen molar-refractivity contribution in [3.8, 4) is 0 Å². The van der Waals surface area contributed by atoms with Gasteiger partial charge in [-0.15, -0.1) is 0 Å². The third-order valence-corrected chi connectivity index (χ3v) is 5.25. The van der Waals surface area contributed by atoms with E-state index in [1.165, 1.54) is 0 Å². The van der Waals surface area contributed by atoms with Crippen LogP contribution in [0.3, 0.4) is 0 Å². The van der Waals surface area contributed by atoms with Crippen LogP contribution in [0.5, 0.6) is 0 Å². The zero-order valence-corrected chi connectivity index (χ0v) is 15.2. The Balaban J connectivity index is 2.14. The number of ether oxygens (including phenoxy) is 1. The lowest BCUT2D eigenvalue weighted by molar-refractivity contribution is -0.107. The molecule has 0 saturated carbocycles. The van der Waals surface area contributed by atoms with E-state index in [1.807, 2.05) is 6.07 Å². The van der Waals surface area contributed by atoms with E-state index in [-0.39, 0.29) is 6.42 Å². The molecular weight excluding hydrogens is 350 g/mol. The number of pyridine rings is 1. The summed E-state index contributed by atoms with van der Waals surface area (Å²) in [6, 6.07) is 3.05. The van der Waals surface area contributed by atoms with Gasteiger partial charge < -0.3 is 9.53 Å². The molecule has 7 heteroatoms. The van der Waals surface area contributed by atoms with Crippen molar-refractivity contribution in [3.63, 3.8) is 0 Å². The minimum absolute atomic E-state index is 0.288. The largest absolute Gasteiger partial charge is 0.359 e. The topological polar surface area (TPSA) is 57.0 Å². The third kappa shape index (κ3) is 4.46. The minimum atomic E-state index is -1.09. The molecule has 0 aromatic carbocycles. The molecule has 0 amide bonds. The van der Waals surface area contributed by atoms with Gasteiger partial charge in [0, 0.05) is 37.2 Å². The molecule has 5 nitrogen and oxygen atoms in total. The number of fused-ring (bicyclic) bond motifs is 1. The van der Waals surface area contributed by atoms with Crippen molar-refractivity contribution in [1.82, 2.24) is 14.8 Å². The Bertz CT molecular complexity index is 637. The van der Waals surface area contributed by atoms with E-state index < -0.39 is 8.07 Å². The highest BCUT2D eigenvalue weighted by Gasteiger charge is 2.14. The van der Waals surface area contributed by atoms with Gasteiger partial charge in [-0.05, 0) is 28.0 Å². The van der Waals surface area contributed by atoms with Gasteiger partial charge in [0.15, 0.2) is 5.65 Å². The van der Waals surface area contributed by atoms with Gasteiger partial charge in [-0.25, -0.2) is 9.67 Å². The molecule has 0 unspecified atom stereocenters. The normalized spacial score (nSPS) is 12.0. The van der Waals surface area contributed by atoms with Crippen LogP contribution in [-0.4, -0.2) is 35.7 Å². The summed E-state index contributed by atoms with van der Waals surface area (Å²) in [5, 5.41) is 5.34. The van der Waals surface area contributed by atoms with Crippen molar-refractivity contribution in [3.05, 3.63) is 22.4 Å². The summed E-state index contributed by atoms with van der Waals surface area (Å²) >= 11 is 3.40. The van der Waals surface area contributed by atoms with E-state index in [0.29, 0.717) is 6.73 Å². The van der Waals surface area contributed by atoms with Crippen molar-refractivity contribution >= 4 is 41.3 Å². The standard InChI is InChI=1S/C14H20BrN3O2Si/c1-21(2,3)7-6-20-10-18-14-12(8-11(15)9-16-14)13(17-18)4-5-19/h5,8-9H,4,6-7,10H2,1-3H3. The second-order valence-corrected chi connectivity index (χ2v) is 12.7. The van der Waals surface area contributed by atoms with Crippen LogP contribution in [0, 0.1) is 0 Å². The van der Waals surface area contributed by atoms with Crippen molar-refractivity contribution < 1.29 is 9.53 Å². The van der Waals surface area contributed by atoms with Gasteiger partial charge >= 0.3 is 0 Å². The zero-order chi connectivity index (χ0) is 15.5. The van der Waals surface area contributed by atoms with Crippen LogP contribution in [-0.2, 0) is 22.7 Å². The minimum Gasteiger partial charge on any atom is -0.359 e. The Labute approximate surface area is 133 Å².